The minimum atomic E-state index is -1.56. The summed E-state index contributed by atoms with van der Waals surface area (Å²) >= 11 is 0. The average Bonchev–Trinajstić information content (AvgIpc) is 3.34. The fraction of sp³-hybridized carbons (Fsp3) is 0.500. The second-order valence-electron chi connectivity index (χ2n) is 7.93. The highest BCUT2D eigenvalue weighted by Crippen LogP contribution is 2.44. The van der Waals surface area contributed by atoms with E-state index < -0.39 is 17.5 Å². The molecule has 28 heavy (non-hydrogen) atoms. The number of aryl methyl sites for hydroxylation is 1. The van der Waals surface area contributed by atoms with Crippen molar-refractivity contribution in [3.63, 3.8) is 0 Å². The maximum Gasteiger partial charge on any atom is 0.511 e. The molecule has 2 aromatic heterocycles. The van der Waals surface area contributed by atoms with Gasteiger partial charge in [-0.15, -0.1) is 0 Å². The monoisotopic (exact) mass is 389 g/mol. The van der Waals surface area contributed by atoms with E-state index in [1.54, 1.807) is 0 Å². The van der Waals surface area contributed by atoms with E-state index in [-0.39, 0.29) is 17.7 Å². The van der Waals surface area contributed by atoms with Crippen molar-refractivity contribution in [2.24, 2.45) is 11.7 Å². The first-order valence-corrected chi connectivity index (χ1v) is 9.57. The van der Waals surface area contributed by atoms with E-state index in [4.69, 9.17) is 10.8 Å². The lowest BCUT2D eigenvalue weighted by Crippen LogP contribution is -2.30. The normalized spacial score (nSPS) is 20.6. The first-order valence-electron chi connectivity index (χ1n) is 9.57. The van der Waals surface area contributed by atoms with Crippen molar-refractivity contribution < 1.29 is 19.0 Å². The largest absolute Gasteiger partial charge is 0.511 e. The van der Waals surface area contributed by atoms with E-state index in [1.807, 2.05) is 18.7 Å². The Morgan fingerprint density at radius 2 is 2.11 bits per heavy atom. The summed E-state index contributed by atoms with van der Waals surface area (Å²) in [5.41, 5.74) is 8.01. The van der Waals surface area contributed by atoms with E-state index in [9.17, 15) is 9.59 Å². The van der Waals surface area contributed by atoms with E-state index >= 15 is 4.39 Å². The number of fused-ring (bicyclic) bond motifs is 1. The zero-order valence-corrected chi connectivity index (χ0v) is 15.9. The molecule has 150 valence electrons. The van der Waals surface area contributed by atoms with Crippen LogP contribution in [-0.2, 0) is 0 Å². The number of aromatic nitrogens is 1. The van der Waals surface area contributed by atoms with Crippen LogP contribution in [0.25, 0.3) is 5.52 Å². The maximum atomic E-state index is 15.1. The van der Waals surface area contributed by atoms with Crippen LogP contribution in [0, 0.1) is 18.7 Å². The lowest BCUT2D eigenvalue weighted by atomic mass is 10.0. The topological polar surface area (TPSA) is 97.3 Å². The number of hydrogen-bond acceptors (Lipinski definition) is 5. The highest BCUT2D eigenvalue weighted by atomic mass is 19.1. The number of anilines is 1. The summed E-state index contributed by atoms with van der Waals surface area (Å²) in [5, 5.41) is 8.91. The fourth-order valence-corrected chi connectivity index (χ4v) is 4.30. The molecule has 1 aliphatic carbocycles. The van der Waals surface area contributed by atoms with Gasteiger partial charge < -0.3 is 20.5 Å². The van der Waals surface area contributed by atoms with Crippen molar-refractivity contribution >= 4 is 17.4 Å². The molecule has 1 aliphatic heterocycles. The van der Waals surface area contributed by atoms with Gasteiger partial charge in [-0.05, 0) is 62.1 Å². The molecule has 8 heteroatoms. The molecule has 1 saturated carbocycles. The molecule has 1 unspecified atom stereocenters. The molecule has 0 spiro atoms. The molecule has 3 N–H and O–H groups in total. The van der Waals surface area contributed by atoms with Gasteiger partial charge in [0.2, 0.25) is 0 Å². The van der Waals surface area contributed by atoms with Gasteiger partial charge in [0.15, 0.2) is 11.6 Å². The van der Waals surface area contributed by atoms with Crippen molar-refractivity contribution in [3.8, 4) is 5.75 Å². The molecular weight excluding hydrogens is 365 g/mol. The number of nitrogens with zero attached hydrogens (tertiary/aromatic N) is 2. The molecule has 2 aliphatic rings. The third kappa shape index (κ3) is 3.11. The lowest BCUT2D eigenvalue weighted by Gasteiger charge is -2.24. The molecule has 2 fully saturated rings. The van der Waals surface area contributed by atoms with Gasteiger partial charge >= 0.3 is 6.16 Å². The number of rotatable bonds is 4. The van der Waals surface area contributed by atoms with Crippen LogP contribution in [0.15, 0.2) is 17.1 Å². The van der Waals surface area contributed by atoms with E-state index in [0.29, 0.717) is 35.8 Å². The SMILES string of the molecule is Cc1c(N2CC[C@H](C(C)N)C2)c(F)cn2c(=O)c(OC(=O)O)cc(C3CC3)c12. The number of carbonyl (C=O) groups is 1. The quantitative estimate of drug-likeness (QED) is 0.781. The molecule has 3 heterocycles. The Kier molecular flexibility index (Phi) is 4.53. The number of hydrogen-bond donors (Lipinski definition) is 2. The highest BCUT2D eigenvalue weighted by molar-refractivity contribution is 5.74. The van der Waals surface area contributed by atoms with Crippen LogP contribution in [0.5, 0.6) is 5.75 Å². The van der Waals surface area contributed by atoms with Gasteiger partial charge in [-0.25, -0.2) is 9.18 Å². The molecule has 2 aromatic rings. The molecular formula is C20H24FN3O4. The Labute approximate surface area is 161 Å². The van der Waals surface area contributed by atoms with Crippen molar-refractivity contribution in [2.75, 3.05) is 18.0 Å². The van der Waals surface area contributed by atoms with Crippen molar-refractivity contribution in [1.29, 1.82) is 0 Å². The fourth-order valence-electron chi connectivity index (χ4n) is 4.30. The molecule has 0 amide bonds. The van der Waals surface area contributed by atoms with Gasteiger partial charge in [-0.2, -0.15) is 0 Å². The third-order valence-corrected chi connectivity index (χ3v) is 5.91. The number of carboxylic acid groups (broad SMARTS) is 1. The highest BCUT2D eigenvalue weighted by Gasteiger charge is 2.32. The predicted molar refractivity (Wildman–Crippen MR) is 103 cm³/mol. The van der Waals surface area contributed by atoms with Gasteiger partial charge in [0.25, 0.3) is 5.56 Å². The van der Waals surface area contributed by atoms with Crippen LogP contribution in [0.4, 0.5) is 14.9 Å². The second kappa shape index (κ2) is 6.77. The first kappa shape index (κ1) is 18.7. The number of nitrogens with two attached hydrogens (primary N) is 1. The summed E-state index contributed by atoms with van der Waals surface area (Å²) in [6.45, 7) is 5.17. The summed E-state index contributed by atoms with van der Waals surface area (Å²) in [5.74, 6) is -0.283. The van der Waals surface area contributed by atoms with Crippen LogP contribution < -0.4 is 20.9 Å². The Bertz CT molecular complexity index is 1010. The molecule has 4 rings (SSSR count). The Balaban J connectivity index is 1.90. The van der Waals surface area contributed by atoms with Crippen molar-refractivity contribution in [2.45, 2.75) is 45.1 Å². The Hall–Kier alpha value is -2.61. The average molecular weight is 389 g/mol. The standard InChI is InChI=1S/C20H24FN3O4/c1-10-17-14(12-3-4-12)7-16(28-20(26)27)19(25)24(17)9-15(21)18(10)23-6-5-13(8-23)11(2)22/h7,9,11-13H,3-6,8,22H2,1-2H3,(H,26,27)/t11?,13-/m0/s1. The van der Waals surface area contributed by atoms with Crippen LogP contribution in [-0.4, -0.2) is 34.8 Å². The minimum Gasteiger partial charge on any atom is -0.449 e. The van der Waals surface area contributed by atoms with Crippen LogP contribution in [0.2, 0.25) is 0 Å². The zero-order valence-electron chi connectivity index (χ0n) is 15.9. The maximum absolute atomic E-state index is 15.1. The summed E-state index contributed by atoms with van der Waals surface area (Å²) in [7, 11) is 0. The predicted octanol–water partition coefficient (Wildman–Crippen LogP) is 2.85. The van der Waals surface area contributed by atoms with E-state index in [2.05, 4.69) is 4.74 Å². The molecule has 0 bridgehead atoms. The van der Waals surface area contributed by atoms with E-state index in [1.165, 1.54) is 10.5 Å². The third-order valence-electron chi connectivity index (χ3n) is 5.91. The number of halogens is 1. The lowest BCUT2D eigenvalue weighted by molar-refractivity contribution is 0.143. The van der Waals surface area contributed by atoms with Gasteiger partial charge in [0, 0.05) is 19.1 Å². The molecule has 7 nitrogen and oxygen atoms in total. The van der Waals surface area contributed by atoms with Crippen molar-refractivity contribution in [1.82, 2.24) is 4.40 Å². The Morgan fingerprint density at radius 3 is 2.68 bits per heavy atom. The van der Waals surface area contributed by atoms with Gasteiger partial charge in [0.05, 0.1) is 17.4 Å². The summed E-state index contributed by atoms with van der Waals surface area (Å²) in [4.78, 5) is 25.7. The van der Waals surface area contributed by atoms with Crippen LogP contribution in [0.3, 0.4) is 0 Å². The van der Waals surface area contributed by atoms with Crippen molar-refractivity contribution in [3.05, 3.63) is 39.6 Å². The van der Waals surface area contributed by atoms with Crippen LogP contribution >= 0.6 is 0 Å². The van der Waals surface area contributed by atoms with Gasteiger partial charge in [0.1, 0.15) is 0 Å². The minimum absolute atomic E-state index is 0.0363. The molecule has 1 saturated heterocycles. The zero-order chi connectivity index (χ0) is 20.2. The van der Waals surface area contributed by atoms with E-state index in [0.717, 1.165) is 31.0 Å². The number of ether oxygens (including phenoxy) is 1. The molecule has 0 aromatic carbocycles. The second-order valence-corrected chi connectivity index (χ2v) is 7.93. The summed E-state index contributed by atoms with van der Waals surface area (Å²) in [6, 6.07) is 1.54. The summed E-state index contributed by atoms with van der Waals surface area (Å²) in [6.07, 6.45) is 2.38. The smallest absolute Gasteiger partial charge is 0.449 e. The van der Waals surface area contributed by atoms with Gasteiger partial charge in [-0.3, -0.25) is 9.20 Å². The first-order chi connectivity index (χ1) is 13.3. The van der Waals surface area contributed by atoms with Crippen LogP contribution in [0.1, 0.15) is 43.2 Å². The molecule has 0 radical (unpaired) electrons. The Morgan fingerprint density at radius 1 is 1.39 bits per heavy atom. The van der Waals surface area contributed by atoms with Gasteiger partial charge in [-0.1, -0.05) is 0 Å². The number of pyridine rings is 2. The molecule has 2 atom stereocenters. The summed E-state index contributed by atoms with van der Waals surface area (Å²) < 4.78 is 20.9.